The highest BCUT2D eigenvalue weighted by molar-refractivity contribution is 5.76. The van der Waals surface area contributed by atoms with Gasteiger partial charge in [-0.3, -0.25) is 4.79 Å². The van der Waals surface area contributed by atoms with Crippen LogP contribution in [-0.2, 0) is 11.2 Å². The summed E-state index contributed by atoms with van der Waals surface area (Å²) < 4.78 is 52.8. The first-order valence-corrected chi connectivity index (χ1v) is 7.21. The van der Waals surface area contributed by atoms with E-state index in [1.54, 1.807) is 0 Å². The van der Waals surface area contributed by atoms with Crippen molar-refractivity contribution in [3.63, 3.8) is 0 Å². The van der Waals surface area contributed by atoms with E-state index in [0.717, 1.165) is 24.3 Å². The summed E-state index contributed by atoms with van der Waals surface area (Å²) in [5.74, 6) is -4.27. The molecule has 1 amide bonds. The van der Waals surface area contributed by atoms with E-state index in [4.69, 9.17) is 0 Å². The van der Waals surface area contributed by atoms with E-state index >= 15 is 0 Å². The van der Waals surface area contributed by atoms with E-state index in [1.807, 2.05) is 0 Å². The highest BCUT2D eigenvalue weighted by Gasteiger charge is 2.18. The second-order valence-corrected chi connectivity index (χ2v) is 5.20. The number of benzene rings is 2. The summed E-state index contributed by atoms with van der Waals surface area (Å²) >= 11 is 0. The van der Waals surface area contributed by atoms with Gasteiger partial charge in [-0.1, -0.05) is 12.1 Å². The highest BCUT2D eigenvalue weighted by Crippen LogP contribution is 2.20. The van der Waals surface area contributed by atoms with Crippen LogP contribution in [0.4, 0.5) is 17.6 Å². The van der Waals surface area contributed by atoms with Crippen molar-refractivity contribution in [3.05, 3.63) is 70.8 Å². The third kappa shape index (κ3) is 4.55. The molecule has 0 saturated heterocycles. The van der Waals surface area contributed by atoms with E-state index in [1.165, 1.54) is 12.1 Å². The molecule has 2 rings (SSSR count). The average molecular weight is 341 g/mol. The lowest BCUT2D eigenvalue weighted by Crippen LogP contribution is -2.29. The van der Waals surface area contributed by atoms with E-state index < -0.39 is 40.8 Å². The number of rotatable bonds is 6. The van der Waals surface area contributed by atoms with Gasteiger partial charge in [0.05, 0.1) is 5.56 Å². The lowest BCUT2D eigenvalue weighted by Gasteiger charge is -2.14. The lowest BCUT2D eigenvalue weighted by atomic mass is 10.1. The first-order valence-electron chi connectivity index (χ1n) is 7.21. The third-order valence-electron chi connectivity index (χ3n) is 3.45. The van der Waals surface area contributed by atoms with E-state index in [9.17, 15) is 27.5 Å². The van der Waals surface area contributed by atoms with Gasteiger partial charge in [0.2, 0.25) is 5.91 Å². The molecule has 0 radical (unpaired) electrons. The fraction of sp³-hybridized carbons (Fsp3) is 0.235. The Bertz CT molecular complexity index is 716. The van der Waals surface area contributed by atoms with Crippen LogP contribution in [0, 0.1) is 23.3 Å². The van der Waals surface area contributed by atoms with Crippen LogP contribution in [0.15, 0.2) is 36.4 Å². The molecule has 0 aromatic heterocycles. The van der Waals surface area contributed by atoms with Crippen LogP contribution >= 0.6 is 0 Å². The third-order valence-corrected chi connectivity index (χ3v) is 3.45. The minimum absolute atomic E-state index is 0.0441. The molecule has 0 heterocycles. The number of amides is 1. The summed E-state index contributed by atoms with van der Waals surface area (Å²) in [6.45, 7) is -0.367. The Balaban J connectivity index is 1.85. The molecule has 0 aliphatic heterocycles. The van der Waals surface area contributed by atoms with Crippen molar-refractivity contribution < 1.29 is 27.5 Å². The number of nitrogens with one attached hydrogen (secondary N) is 1. The van der Waals surface area contributed by atoms with Crippen molar-refractivity contribution in [1.29, 1.82) is 0 Å². The second-order valence-electron chi connectivity index (χ2n) is 5.20. The van der Waals surface area contributed by atoms with E-state index in [-0.39, 0.29) is 19.4 Å². The molecule has 7 heteroatoms. The average Bonchev–Trinajstić information content (AvgIpc) is 2.54. The van der Waals surface area contributed by atoms with Gasteiger partial charge in [0, 0.05) is 13.0 Å². The largest absolute Gasteiger partial charge is 0.386 e. The second kappa shape index (κ2) is 7.92. The summed E-state index contributed by atoms with van der Waals surface area (Å²) in [5, 5.41) is 12.1. The molecule has 0 spiro atoms. The molecule has 2 aromatic carbocycles. The summed E-state index contributed by atoms with van der Waals surface area (Å²) in [4.78, 5) is 11.7. The van der Waals surface area contributed by atoms with Crippen molar-refractivity contribution in [3.8, 4) is 0 Å². The number of aryl methyl sites for hydroxylation is 1. The van der Waals surface area contributed by atoms with Crippen LogP contribution in [0.2, 0.25) is 0 Å². The maximum atomic E-state index is 13.5. The van der Waals surface area contributed by atoms with Crippen molar-refractivity contribution in [2.45, 2.75) is 18.9 Å². The van der Waals surface area contributed by atoms with E-state index in [0.29, 0.717) is 5.56 Å². The minimum atomic E-state index is -1.53. The Morgan fingerprint density at radius 1 is 1.00 bits per heavy atom. The molecule has 2 N–H and O–H groups in total. The highest BCUT2D eigenvalue weighted by atomic mass is 19.2. The standard InChI is InChI=1S/C17H15F4NO2/c18-11-6-4-10(8-14(11)21)5-7-16(24)22-9-15(23)17-12(19)2-1-3-13(17)20/h1-4,6,8,15,23H,5,7,9H2,(H,22,24). The Morgan fingerprint density at radius 3 is 2.29 bits per heavy atom. The van der Waals surface area contributed by atoms with Gasteiger partial charge in [-0.25, -0.2) is 17.6 Å². The van der Waals surface area contributed by atoms with Gasteiger partial charge in [-0.2, -0.15) is 0 Å². The predicted octanol–water partition coefficient (Wildman–Crippen LogP) is 3.03. The molecule has 2 aromatic rings. The molecule has 128 valence electrons. The monoisotopic (exact) mass is 341 g/mol. The van der Waals surface area contributed by atoms with Gasteiger partial charge < -0.3 is 10.4 Å². The molecular formula is C17H15F4NO2. The molecule has 24 heavy (non-hydrogen) atoms. The lowest BCUT2D eigenvalue weighted by molar-refractivity contribution is -0.121. The molecule has 1 atom stereocenters. The zero-order chi connectivity index (χ0) is 17.7. The zero-order valence-corrected chi connectivity index (χ0v) is 12.5. The van der Waals surface area contributed by atoms with Crippen LogP contribution in [0.1, 0.15) is 23.7 Å². The number of hydrogen-bond donors (Lipinski definition) is 2. The van der Waals surface area contributed by atoms with Crippen molar-refractivity contribution in [2.24, 2.45) is 0 Å². The molecule has 0 bridgehead atoms. The Morgan fingerprint density at radius 2 is 1.67 bits per heavy atom. The van der Waals surface area contributed by atoms with Crippen LogP contribution in [-0.4, -0.2) is 17.6 Å². The smallest absolute Gasteiger partial charge is 0.220 e. The normalized spacial score (nSPS) is 12.0. The van der Waals surface area contributed by atoms with Gasteiger partial charge in [0.1, 0.15) is 17.7 Å². The van der Waals surface area contributed by atoms with Gasteiger partial charge in [-0.15, -0.1) is 0 Å². The maximum Gasteiger partial charge on any atom is 0.220 e. The van der Waals surface area contributed by atoms with Gasteiger partial charge in [0.15, 0.2) is 11.6 Å². The molecule has 3 nitrogen and oxygen atoms in total. The van der Waals surface area contributed by atoms with Crippen LogP contribution in [0.25, 0.3) is 0 Å². The number of carbonyl (C=O) groups excluding carboxylic acids is 1. The number of halogens is 4. The summed E-state index contributed by atoms with van der Waals surface area (Å²) in [6, 6.07) is 6.50. The molecule has 1 unspecified atom stereocenters. The number of aliphatic hydroxyl groups excluding tert-OH is 1. The first-order chi connectivity index (χ1) is 11.4. The topological polar surface area (TPSA) is 49.3 Å². The van der Waals surface area contributed by atoms with Crippen LogP contribution < -0.4 is 5.32 Å². The fourth-order valence-electron chi connectivity index (χ4n) is 2.18. The van der Waals surface area contributed by atoms with Crippen molar-refractivity contribution >= 4 is 5.91 Å². The van der Waals surface area contributed by atoms with Gasteiger partial charge in [0.25, 0.3) is 0 Å². The molecule has 0 aliphatic rings. The Kier molecular flexibility index (Phi) is 5.92. The fourth-order valence-corrected chi connectivity index (χ4v) is 2.18. The summed E-state index contributed by atoms with van der Waals surface area (Å²) in [6.07, 6.45) is -1.41. The molecule has 0 aliphatic carbocycles. The predicted molar refractivity (Wildman–Crippen MR) is 79.0 cm³/mol. The summed E-state index contributed by atoms with van der Waals surface area (Å²) in [5.41, 5.74) is -0.0804. The number of carbonyl (C=O) groups is 1. The van der Waals surface area contributed by atoms with E-state index in [2.05, 4.69) is 5.32 Å². The zero-order valence-electron chi connectivity index (χ0n) is 12.5. The first kappa shape index (κ1) is 17.9. The van der Waals surface area contributed by atoms with Crippen molar-refractivity contribution in [2.75, 3.05) is 6.54 Å². The molecule has 0 fully saturated rings. The molecular weight excluding hydrogens is 326 g/mol. The van der Waals surface area contributed by atoms with Crippen LogP contribution in [0.3, 0.4) is 0 Å². The van der Waals surface area contributed by atoms with Gasteiger partial charge in [-0.05, 0) is 36.2 Å². The number of aliphatic hydroxyl groups is 1. The minimum Gasteiger partial charge on any atom is -0.386 e. The quantitative estimate of drug-likeness (QED) is 0.794. The van der Waals surface area contributed by atoms with Gasteiger partial charge >= 0.3 is 0 Å². The SMILES string of the molecule is O=C(CCc1ccc(F)c(F)c1)NCC(O)c1c(F)cccc1F. The Hall–Kier alpha value is -2.41. The van der Waals surface area contributed by atoms with Crippen molar-refractivity contribution in [1.82, 2.24) is 5.32 Å². The number of hydrogen-bond acceptors (Lipinski definition) is 2. The Labute approximate surface area is 135 Å². The molecule has 0 saturated carbocycles. The maximum absolute atomic E-state index is 13.5. The summed E-state index contributed by atoms with van der Waals surface area (Å²) in [7, 11) is 0. The van der Waals surface area contributed by atoms with Crippen LogP contribution in [0.5, 0.6) is 0 Å².